The van der Waals surface area contributed by atoms with E-state index in [1.54, 1.807) is 0 Å². The van der Waals surface area contributed by atoms with Crippen molar-refractivity contribution in [3.05, 3.63) is 0 Å². The SMILES string of the molecule is CCCCN=C=NCCCN(CC)CC.Cl. The van der Waals surface area contributed by atoms with Gasteiger partial charge in [0.1, 0.15) is 0 Å². The Morgan fingerprint density at radius 3 is 2.00 bits per heavy atom. The van der Waals surface area contributed by atoms with E-state index in [0.717, 1.165) is 45.6 Å². The fourth-order valence-corrected chi connectivity index (χ4v) is 1.30. The lowest BCUT2D eigenvalue weighted by atomic mass is 10.3. The number of hydrogen-bond donors (Lipinski definition) is 0. The summed E-state index contributed by atoms with van der Waals surface area (Å²) in [6, 6.07) is 2.76. The third-order valence-electron chi connectivity index (χ3n) is 2.40. The summed E-state index contributed by atoms with van der Waals surface area (Å²) < 4.78 is 0. The lowest BCUT2D eigenvalue weighted by Gasteiger charge is -2.16. The lowest BCUT2D eigenvalue weighted by molar-refractivity contribution is 0.302. The smallest absolute Gasteiger partial charge is 0.0892 e. The summed E-state index contributed by atoms with van der Waals surface area (Å²) >= 11 is 0. The molecule has 0 rings (SSSR count). The molecular weight excluding hydrogens is 222 g/mol. The van der Waals surface area contributed by atoms with E-state index in [2.05, 4.69) is 41.7 Å². The quantitative estimate of drug-likeness (QED) is 0.455. The topological polar surface area (TPSA) is 28.0 Å². The number of unbranched alkanes of at least 4 members (excludes halogenated alkanes) is 1. The van der Waals surface area contributed by atoms with Crippen LogP contribution >= 0.6 is 12.4 Å². The molecule has 0 aromatic carbocycles. The molecule has 0 aromatic rings. The average molecular weight is 248 g/mol. The highest BCUT2D eigenvalue weighted by Crippen LogP contribution is 1.90. The molecule has 0 aliphatic heterocycles. The second kappa shape index (κ2) is 14.6. The van der Waals surface area contributed by atoms with Gasteiger partial charge in [-0.25, -0.2) is 9.98 Å². The van der Waals surface area contributed by atoms with E-state index in [9.17, 15) is 0 Å². The minimum Gasteiger partial charge on any atom is -0.304 e. The van der Waals surface area contributed by atoms with E-state index in [1.807, 2.05) is 0 Å². The zero-order valence-corrected chi connectivity index (χ0v) is 11.7. The molecule has 0 heterocycles. The maximum absolute atomic E-state index is 4.14. The first-order valence-electron chi connectivity index (χ1n) is 6.15. The van der Waals surface area contributed by atoms with Crippen LogP contribution in [0.15, 0.2) is 9.98 Å². The number of nitrogens with zero attached hydrogens (tertiary/aromatic N) is 3. The van der Waals surface area contributed by atoms with Crippen molar-refractivity contribution < 1.29 is 0 Å². The first-order chi connectivity index (χ1) is 7.35. The van der Waals surface area contributed by atoms with Crippen molar-refractivity contribution in [3.8, 4) is 0 Å². The third kappa shape index (κ3) is 11.7. The zero-order valence-electron chi connectivity index (χ0n) is 10.9. The van der Waals surface area contributed by atoms with Gasteiger partial charge in [0.2, 0.25) is 0 Å². The molecule has 4 heteroatoms. The average Bonchev–Trinajstić information content (AvgIpc) is 2.27. The second-order valence-corrected chi connectivity index (χ2v) is 3.60. The predicted octanol–water partition coefficient (Wildman–Crippen LogP) is 3.11. The van der Waals surface area contributed by atoms with Crippen molar-refractivity contribution >= 4 is 18.4 Å². The summed E-state index contributed by atoms with van der Waals surface area (Å²) in [6.45, 7) is 11.7. The van der Waals surface area contributed by atoms with Gasteiger partial charge in [-0.3, -0.25) is 0 Å². The van der Waals surface area contributed by atoms with Gasteiger partial charge in [0.15, 0.2) is 0 Å². The number of aliphatic imine (C=N–C) groups is 2. The maximum atomic E-state index is 4.14. The van der Waals surface area contributed by atoms with E-state index in [1.165, 1.54) is 6.42 Å². The lowest BCUT2D eigenvalue weighted by Crippen LogP contribution is -2.24. The molecule has 0 saturated carbocycles. The molecule has 0 radical (unpaired) electrons. The predicted molar refractivity (Wildman–Crippen MR) is 74.2 cm³/mol. The summed E-state index contributed by atoms with van der Waals surface area (Å²) in [6.07, 6.45) is 3.44. The van der Waals surface area contributed by atoms with E-state index in [4.69, 9.17) is 0 Å². The van der Waals surface area contributed by atoms with Crippen molar-refractivity contribution in [1.29, 1.82) is 0 Å². The number of hydrogen-bond acceptors (Lipinski definition) is 3. The molecule has 0 aromatic heterocycles. The van der Waals surface area contributed by atoms with Crippen LogP contribution in [0.5, 0.6) is 0 Å². The second-order valence-electron chi connectivity index (χ2n) is 3.60. The Morgan fingerprint density at radius 2 is 1.50 bits per heavy atom. The van der Waals surface area contributed by atoms with E-state index in [0.29, 0.717) is 0 Å². The maximum Gasteiger partial charge on any atom is 0.0892 e. The molecular formula is C12H26ClN3. The zero-order chi connectivity index (χ0) is 11.4. The normalized spacial score (nSPS) is 9.50. The molecule has 0 saturated heterocycles. The van der Waals surface area contributed by atoms with E-state index >= 15 is 0 Å². The molecule has 0 fully saturated rings. The highest BCUT2D eigenvalue weighted by molar-refractivity contribution is 5.85. The minimum atomic E-state index is 0. The fourth-order valence-electron chi connectivity index (χ4n) is 1.30. The molecule has 3 nitrogen and oxygen atoms in total. The van der Waals surface area contributed by atoms with Gasteiger partial charge in [0, 0.05) is 6.54 Å². The Bertz CT molecular complexity index is 185. The molecule has 0 N–H and O–H groups in total. The van der Waals surface area contributed by atoms with Crippen LogP contribution in [0.2, 0.25) is 0 Å². The highest BCUT2D eigenvalue weighted by atomic mass is 35.5. The van der Waals surface area contributed by atoms with Crippen molar-refractivity contribution in [3.63, 3.8) is 0 Å². The molecule has 0 amide bonds. The first-order valence-corrected chi connectivity index (χ1v) is 6.15. The van der Waals surface area contributed by atoms with Gasteiger partial charge < -0.3 is 4.90 Å². The van der Waals surface area contributed by atoms with Crippen LogP contribution in [0.1, 0.15) is 40.0 Å². The van der Waals surface area contributed by atoms with Gasteiger partial charge in [-0.1, -0.05) is 27.2 Å². The van der Waals surface area contributed by atoms with Crippen LogP contribution in [0.25, 0.3) is 0 Å². The van der Waals surface area contributed by atoms with Crippen LogP contribution in [0.3, 0.4) is 0 Å². The molecule has 96 valence electrons. The summed E-state index contributed by atoms with van der Waals surface area (Å²) in [5.41, 5.74) is 0. The Kier molecular flexibility index (Phi) is 16.5. The summed E-state index contributed by atoms with van der Waals surface area (Å²) in [4.78, 5) is 10.6. The molecule has 0 aliphatic carbocycles. The highest BCUT2D eigenvalue weighted by Gasteiger charge is 1.96. The molecule has 0 unspecified atom stereocenters. The standard InChI is InChI=1S/C12H25N3.ClH/c1-4-7-9-13-12-14-10-8-11-15(5-2)6-3;/h4-11H2,1-3H3;1H. The number of halogens is 1. The first kappa shape index (κ1) is 18.0. The third-order valence-corrected chi connectivity index (χ3v) is 2.40. The molecule has 0 atom stereocenters. The minimum absolute atomic E-state index is 0. The van der Waals surface area contributed by atoms with E-state index in [-0.39, 0.29) is 12.4 Å². The van der Waals surface area contributed by atoms with E-state index < -0.39 is 0 Å². The van der Waals surface area contributed by atoms with Crippen LogP contribution in [0.4, 0.5) is 0 Å². The van der Waals surface area contributed by atoms with Gasteiger partial charge in [0.05, 0.1) is 12.6 Å². The van der Waals surface area contributed by atoms with Crippen LogP contribution in [0, 0.1) is 0 Å². The van der Waals surface area contributed by atoms with Crippen LogP contribution in [-0.4, -0.2) is 43.6 Å². The van der Waals surface area contributed by atoms with Crippen molar-refractivity contribution in [2.75, 3.05) is 32.7 Å². The fraction of sp³-hybridized carbons (Fsp3) is 0.917. The van der Waals surface area contributed by atoms with Crippen molar-refractivity contribution in [2.45, 2.75) is 40.0 Å². The Morgan fingerprint density at radius 1 is 0.938 bits per heavy atom. The molecule has 0 aliphatic rings. The van der Waals surface area contributed by atoms with Gasteiger partial charge in [-0.05, 0) is 32.5 Å². The molecule has 0 bridgehead atoms. The molecule has 16 heavy (non-hydrogen) atoms. The molecule has 0 spiro atoms. The van der Waals surface area contributed by atoms with Crippen LogP contribution < -0.4 is 0 Å². The Labute approximate surface area is 106 Å². The largest absolute Gasteiger partial charge is 0.304 e. The van der Waals surface area contributed by atoms with Gasteiger partial charge in [-0.2, -0.15) is 0 Å². The number of rotatable bonds is 9. The Hall–Kier alpha value is -0.370. The van der Waals surface area contributed by atoms with Crippen molar-refractivity contribution in [2.24, 2.45) is 9.98 Å². The summed E-state index contributed by atoms with van der Waals surface area (Å²) in [5.74, 6) is 0. The summed E-state index contributed by atoms with van der Waals surface area (Å²) in [7, 11) is 0. The van der Waals surface area contributed by atoms with Crippen LogP contribution in [-0.2, 0) is 0 Å². The van der Waals surface area contributed by atoms with Gasteiger partial charge in [0.25, 0.3) is 0 Å². The Balaban J connectivity index is 0. The van der Waals surface area contributed by atoms with Crippen molar-refractivity contribution in [1.82, 2.24) is 4.90 Å². The monoisotopic (exact) mass is 247 g/mol. The van der Waals surface area contributed by atoms with Gasteiger partial charge in [-0.15, -0.1) is 12.4 Å². The summed E-state index contributed by atoms with van der Waals surface area (Å²) in [5, 5.41) is 0. The van der Waals surface area contributed by atoms with Gasteiger partial charge >= 0.3 is 0 Å².